The molecule has 0 aliphatic rings. The molecule has 0 saturated heterocycles. The first-order chi connectivity index (χ1) is 9.83. The second-order valence-corrected chi connectivity index (χ2v) is 5.50. The molecule has 2 heterocycles. The molecule has 0 N–H and O–H groups in total. The Kier molecular flexibility index (Phi) is 3.98. The Morgan fingerprint density at radius 1 is 1.30 bits per heavy atom. The Morgan fingerprint density at radius 3 is 3.05 bits per heavy atom. The van der Waals surface area contributed by atoms with Gasteiger partial charge < -0.3 is 4.57 Å². The van der Waals surface area contributed by atoms with Crippen molar-refractivity contribution in [1.29, 1.82) is 0 Å². The van der Waals surface area contributed by atoms with Crippen LogP contribution in [0.5, 0.6) is 0 Å². The Balaban J connectivity index is 1.70. The van der Waals surface area contributed by atoms with Gasteiger partial charge >= 0.3 is 0 Å². The summed E-state index contributed by atoms with van der Waals surface area (Å²) >= 11 is 7.57. The van der Waals surface area contributed by atoms with Crippen molar-refractivity contribution in [1.82, 2.24) is 29.8 Å². The second-order valence-electron chi connectivity index (χ2n) is 4.00. The molecular formula is C12H11ClN6S. The topological polar surface area (TPSA) is 61.4 Å². The summed E-state index contributed by atoms with van der Waals surface area (Å²) in [6.07, 6.45) is 5.49. The van der Waals surface area contributed by atoms with E-state index in [1.807, 2.05) is 35.0 Å². The van der Waals surface area contributed by atoms with Crippen LogP contribution in [0.15, 0.2) is 48.1 Å². The number of imidazole rings is 1. The maximum atomic E-state index is 5.99. The number of nitrogens with zero attached hydrogens (tertiary/aromatic N) is 6. The van der Waals surface area contributed by atoms with Crippen LogP contribution < -0.4 is 0 Å². The van der Waals surface area contributed by atoms with Gasteiger partial charge in [0.1, 0.15) is 0 Å². The van der Waals surface area contributed by atoms with Gasteiger partial charge in [-0.15, -0.1) is 5.10 Å². The molecule has 0 radical (unpaired) electrons. The SMILES string of the molecule is Clc1cccc(-n2nnnc2SCCn2ccnc2)c1. The van der Waals surface area contributed by atoms with Gasteiger partial charge in [-0.3, -0.25) is 0 Å². The van der Waals surface area contributed by atoms with Gasteiger partial charge in [0, 0.05) is 29.7 Å². The molecule has 3 aromatic rings. The highest BCUT2D eigenvalue weighted by Gasteiger charge is 2.09. The number of halogens is 1. The van der Waals surface area contributed by atoms with E-state index in [2.05, 4.69) is 20.5 Å². The van der Waals surface area contributed by atoms with Gasteiger partial charge in [-0.2, -0.15) is 4.68 Å². The van der Waals surface area contributed by atoms with Crippen LogP contribution in [0.4, 0.5) is 0 Å². The molecule has 3 rings (SSSR count). The maximum Gasteiger partial charge on any atom is 0.214 e. The third-order valence-corrected chi connectivity index (χ3v) is 3.77. The van der Waals surface area contributed by atoms with E-state index >= 15 is 0 Å². The van der Waals surface area contributed by atoms with Crippen LogP contribution in [0.25, 0.3) is 5.69 Å². The number of rotatable bonds is 5. The number of aromatic nitrogens is 6. The summed E-state index contributed by atoms with van der Waals surface area (Å²) < 4.78 is 3.70. The first kappa shape index (κ1) is 13.1. The minimum absolute atomic E-state index is 0.660. The van der Waals surface area contributed by atoms with Gasteiger partial charge in [-0.1, -0.05) is 29.4 Å². The molecule has 2 aromatic heterocycles. The van der Waals surface area contributed by atoms with E-state index < -0.39 is 0 Å². The zero-order chi connectivity index (χ0) is 13.8. The van der Waals surface area contributed by atoms with E-state index in [1.54, 1.807) is 29.0 Å². The lowest BCUT2D eigenvalue weighted by Crippen LogP contribution is -2.01. The molecule has 0 unspecified atom stereocenters. The fourth-order valence-corrected chi connectivity index (χ4v) is 2.73. The average Bonchev–Trinajstić information content (AvgIpc) is 3.10. The van der Waals surface area contributed by atoms with Crippen LogP contribution in [0.2, 0.25) is 5.02 Å². The molecule has 0 atom stereocenters. The second kappa shape index (κ2) is 6.06. The average molecular weight is 307 g/mol. The highest BCUT2D eigenvalue weighted by atomic mass is 35.5. The summed E-state index contributed by atoms with van der Waals surface area (Å²) in [5.41, 5.74) is 0.854. The number of hydrogen-bond acceptors (Lipinski definition) is 5. The van der Waals surface area contributed by atoms with E-state index in [0.29, 0.717) is 5.02 Å². The van der Waals surface area contributed by atoms with Crippen LogP contribution >= 0.6 is 23.4 Å². The number of tetrazole rings is 1. The lowest BCUT2D eigenvalue weighted by atomic mass is 10.3. The highest BCUT2D eigenvalue weighted by Crippen LogP contribution is 2.20. The van der Waals surface area contributed by atoms with Gasteiger partial charge in [0.15, 0.2) is 0 Å². The van der Waals surface area contributed by atoms with Crippen LogP contribution in [0.3, 0.4) is 0 Å². The lowest BCUT2D eigenvalue weighted by molar-refractivity contribution is 0.748. The summed E-state index contributed by atoms with van der Waals surface area (Å²) in [6, 6.07) is 7.45. The fourth-order valence-electron chi connectivity index (χ4n) is 1.70. The Bertz CT molecular complexity index is 681. The van der Waals surface area contributed by atoms with Gasteiger partial charge in [-0.05, 0) is 28.6 Å². The molecule has 0 spiro atoms. The van der Waals surface area contributed by atoms with E-state index in [0.717, 1.165) is 23.1 Å². The van der Waals surface area contributed by atoms with E-state index in [9.17, 15) is 0 Å². The molecule has 102 valence electrons. The molecule has 1 aromatic carbocycles. The summed E-state index contributed by atoms with van der Waals surface area (Å²) in [6.45, 7) is 0.854. The van der Waals surface area contributed by atoms with Crippen molar-refractivity contribution in [3.8, 4) is 5.69 Å². The van der Waals surface area contributed by atoms with Crippen LogP contribution in [0.1, 0.15) is 0 Å². The Labute approximate surface area is 124 Å². The van der Waals surface area contributed by atoms with Gasteiger partial charge in [0.05, 0.1) is 12.0 Å². The predicted octanol–water partition coefficient (Wildman–Crippen LogP) is 2.30. The van der Waals surface area contributed by atoms with Crippen LogP contribution in [0, 0.1) is 0 Å². The first-order valence-electron chi connectivity index (χ1n) is 5.96. The summed E-state index contributed by atoms with van der Waals surface area (Å²) in [5.74, 6) is 0.858. The van der Waals surface area contributed by atoms with Crippen molar-refractivity contribution < 1.29 is 0 Å². The van der Waals surface area contributed by atoms with E-state index in [-0.39, 0.29) is 0 Å². The van der Waals surface area contributed by atoms with Crippen molar-refractivity contribution in [3.05, 3.63) is 48.0 Å². The number of hydrogen-bond donors (Lipinski definition) is 0. The maximum absolute atomic E-state index is 5.99. The van der Waals surface area contributed by atoms with Crippen molar-refractivity contribution in [2.45, 2.75) is 11.7 Å². The largest absolute Gasteiger partial charge is 0.337 e. The van der Waals surface area contributed by atoms with Crippen molar-refractivity contribution in [2.24, 2.45) is 0 Å². The molecule has 20 heavy (non-hydrogen) atoms. The third kappa shape index (κ3) is 3.00. The van der Waals surface area contributed by atoms with Crippen molar-refractivity contribution in [2.75, 3.05) is 5.75 Å². The zero-order valence-corrected chi connectivity index (χ0v) is 12.0. The molecule has 8 heteroatoms. The highest BCUT2D eigenvalue weighted by molar-refractivity contribution is 7.99. The summed E-state index contributed by atoms with van der Waals surface area (Å²) in [4.78, 5) is 4.01. The molecular weight excluding hydrogens is 296 g/mol. The monoisotopic (exact) mass is 306 g/mol. The number of thioether (sulfide) groups is 1. The molecule has 6 nitrogen and oxygen atoms in total. The molecule has 0 aliphatic heterocycles. The van der Waals surface area contributed by atoms with Crippen molar-refractivity contribution in [3.63, 3.8) is 0 Å². The predicted molar refractivity (Wildman–Crippen MR) is 77.1 cm³/mol. The standard InChI is InChI=1S/C12H11ClN6S/c13-10-2-1-3-11(8-10)19-12(15-16-17-19)20-7-6-18-5-4-14-9-18/h1-5,8-9H,6-7H2. The van der Waals surface area contributed by atoms with Crippen molar-refractivity contribution >= 4 is 23.4 Å². The molecule has 0 bridgehead atoms. The quantitative estimate of drug-likeness (QED) is 0.677. The normalized spacial score (nSPS) is 10.8. The van der Waals surface area contributed by atoms with Crippen LogP contribution in [-0.2, 0) is 6.54 Å². The number of aryl methyl sites for hydroxylation is 1. The Morgan fingerprint density at radius 2 is 2.25 bits per heavy atom. The fraction of sp³-hybridized carbons (Fsp3) is 0.167. The van der Waals surface area contributed by atoms with Gasteiger partial charge in [0.2, 0.25) is 5.16 Å². The molecule has 0 aliphatic carbocycles. The first-order valence-corrected chi connectivity index (χ1v) is 7.32. The van der Waals surface area contributed by atoms with E-state index in [1.165, 1.54) is 0 Å². The Hall–Kier alpha value is -1.86. The number of benzene rings is 1. The smallest absolute Gasteiger partial charge is 0.214 e. The summed E-state index contributed by atoms with van der Waals surface area (Å²) in [5, 5.41) is 13.2. The van der Waals surface area contributed by atoms with Gasteiger partial charge in [-0.25, -0.2) is 4.98 Å². The zero-order valence-electron chi connectivity index (χ0n) is 10.4. The van der Waals surface area contributed by atoms with E-state index in [4.69, 9.17) is 11.6 Å². The molecule has 0 amide bonds. The lowest BCUT2D eigenvalue weighted by Gasteiger charge is -2.05. The minimum Gasteiger partial charge on any atom is -0.337 e. The van der Waals surface area contributed by atoms with Gasteiger partial charge in [0.25, 0.3) is 0 Å². The molecule has 0 fully saturated rings. The minimum atomic E-state index is 0.660. The third-order valence-electron chi connectivity index (χ3n) is 2.63. The van der Waals surface area contributed by atoms with Crippen LogP contribution in [-0.4, -0.2) is 35.5 Å². The summed E-state index contributed by atoms with van der Waals surface area (Å²) in [7, 11) is 0. The molecule has 0 saturated carbocycles.